The van der Waals surface area contributed by atoms with Crippen molar-refractivity contribution in [2.24, 2.45) is 4.99 Å². The fourth-order valence-electron chi connectivity index (χ4n) is 0.669. The summed E-state index contributed by atoms with van der Waals surface area (Å²) in [7, 11) is 0. The van der Waals surface area contributed by atoms with Crippen LogP contribution in [-0.2, 0) is 0 Å². The molecule has 0 atom stereocenters. The smallest absolute Gasteiger partial charge is 0.152 e. The highest BCUT2D eigenvalue weighted by Gasteiger charge is 2.05. The quantitative estimate of drug-likeness (QED) is 0.580. The summed E-state index contributed by atoms with van der Waals surface area (Å²) in [4.78, 5) is 3.65. The molecule has 0 unspecified atom stereocenters. The molecule has 12 heavy (non-hydrogen) atoms. The van der Waals surface area contributed by atoms with Crippen LogP contribution in [0.15, 0.2) is 17.1 Å². The summed E-state index contributed by atoms with van der Waals surface area (Å²) in [5, 5.41) is 11.6. The normalized spacial score (nSPS) is 9.17. The molecular weight excluding hydrogens is 217 g/mol. The van der Waals surface area contributed by atoms with E-state index in [2.05, 4.69) is 22.4 Å². The number of halogens is 2. The van der Waals surface area contributed by atoms with Crippen LogP contribution in [0.2, 0.25) is 10.0 Å². The van der Waals surface area contributed by atoms with Crippen molar-refractivity contribution in [3.8, 4) is 5.75 Å². The Kier molecular flexibility index (Phi) is 3.06. The van der Waals surface area contributed by atoms with Gasteiger partial charge < -0.3 is 5.11 Å². The number of benzene rings is 1. The predicted octanol–water partition coefficient (Wildman–Crippen LogP) is 3.43. The van der Waals surface area contributed by atoms with Gasteiger partial charge in [0, 0.05) is 0 Å². The molecule has 0 saturated heterocycles. The summed E-state index contributed by atoms with van der Waals surface area (Å²) in [6, 6.07) is 2.89. The molecule has 0 heterocycles. The van der Waals surface area contributed by atoms with E-state index in [1.807, 2.05) is 0 Å². The second-order valence-electron chi connectivity index (χ2n) is 1.96. The zero-order valence-corrected chi connectivity index (χ0v) is 8.04. The Morgan fingerprint density at radius 1 is 1.33 bits per heavy atom. The van der Waals surface area contributed by atoms with Crippen molar-refractivity contribution in [2.75, 3.05) is 0 Å². The number of isothiocyanates is 1. The van der Waals surface area contributed by atoms with Crippen LogP contribution in [0, 0.1) is 0 Å². The van der Waals surface area contributed by atoms with E-state index >= 15 is 0 Å². The van der Waals surface area contributed by atoms with Gasteiger partial charge in [-0.25, -0.2) is 0 Å². The van der Waals surface area contributed by atoms with Gasteiger partial charge in [-0.15, -0.1) is 0 Å². The van der Waals surface area contributed by atoms with Crippen molar-refractivity contribution in [1.29, 1.82) is 0 Å². The number of nitrogens with zero attached hydrogens (tertiary/aromatic N) is 1. The van der Waals surface area contributed by atoms with Gasteiger partial charge in [0.1, 0.15) is 0 Å². The molecule has 0 spiro atoms. The zero-order valence-electron chi connectivity index (χ0n) is 5.71. The highest BCUT2D eigenvalue weighted by atomic mass is 35.5. The van der Waals surface area contributed by atoms with Gasteiger partial charge in [0.15, 0.2) is 5.75 Å². The standard InChI is InChI=1S/C7H3Cl2NOS/c8-5-1-4(10-3-12)2-6(9)7(5)11/h1-2,11H. The van der Waals surface area contributed by atoms with Gasteiger partial charge in [-0.05, 0) is 24.4 Å². The first-order valence-corrected chi connectivity index (χ1v) is 4.07. The van der Waals surface area contributed by atoms with Gasteiger partial charge in [-0.1, -0.05) is 23.2 Å². The molecule has 0 aliphatic heterocycles. The maximum absolute atomic E-state index is 9.15. The molecule has 2 nitrogen and oxygen atoms in total. The van der Waals surface area contributed by atoms with Crippen molar-refractivity contribution in [2.45, 2.75) is 0 Å². The summed E-state index contributed by atoms with van der Waals surface area (Å²) in [6.07, 6.45) is 0. The van der Waals surface area contributed by atoms with Crippen molar-refractivity contribution >= 4 is 46.3 Å². The van der Waals surface area contributed by atoms with Crippen LogP contribution >= 0.6 is 35.4 Å². The average Bonchev–Trinajstić information content (AvgIpc) is 2.01. The summed E-state index contributed by atoms with van der Waals surface area (Å²) in [6.45, 7) is 0. The maximum atomic E-state index is 9.15. The second-order valence-corrected chi connectivity index (χ2v) is 2.96. The first-order chi connectivity index (χ1) is 5.65. The van der Waals surface area contributed by atoms with Gasteiger partial charge in [0.05, 0.1) is 20.9 Å². The minimum Gasteiger partial charge on any atom is -0.505 e. The molecule has 0 aromatic heterocycles. The molecule has 0 bridgehead atoms. The molecular formula is C7H3Cl2NOS. The van der Waals surface area contributed by atoms with Crippen LogP contribution in [0.4, 0.5) is 5.69 Å². The van der Waals surface area contributed by atoms with Crippen molar-refractivity contribution in [3.63, 3.8) is 0 Å². The van der Waals surface area contributed by atoms with Crippen LogP contribution in [0.5, 0.6) is 5.75 Å². The predicted molar refractivity (Wildman–Crippen MR) is 52.8 cm³/mol. The minimum atomic E-state index is -0.151. The molecule has 62 valence electrons. The van der Waals surface area contributed by atoms with Gasteiger partial charge in [-0.2, -0.15) is 4.99 Å². The average molecular weight is 220 g/mol. The number of thiocarbonyl (C=S) groups is 1. The topological polar surface area (TPSA) is 32.6 Å². The van der Waals surface area contributed by atoms with Crippen LogP contribution in [0.1, 0.15) is 0 Å². The van der Waals surface area contributed by atoms with Gasteiger partial charge >= 0.3 is 0 Å². The van der Waals surface area contributed by atoms with E-state index < -0.39 is 0 Å². The Balaban J connectivity index is 3.30. The Morgan fingerprint density at radius 2 is 1.83 bits per heavy atom. The molecule has 0 saturated carbocycles. The number of aromatic hydroxyl groups is 1. The maximum Gasteiger partial charge on any atom is 0.152 e. The van der Waals surface area contributed by atoms with E-state index in [0.29, 0.717) is 5.69 Å². The Morgan fingerprint density at radius 3 is 2.25 bits per heavy atom. The molecule has 0 fully saturated rings. The third-order valence-corrected chi connectivity index (χ3v) is 1.84. The Hall–Kier alpha value is -0.600. The monoisotopic (exact) mass is 219 g/mol. The molecule has 0 radical (unpaired) electrons. The lowest BCUT2D eigenvalue weighted by Crippen LogP contribution is -1.71. The first kappa shape index (κ1) is 9.49. The van der Waals surface area contributed by atoms with E-state index in [4.69, 9.17) is 28.3 Å². The lowest BCUT2D eigenvalue weighted by atomic mass is 10.3. The van der Waals surface area contributed by atoms with Crippen molar-refractivity contribution in [1.82, 2.24) is 0 Å². The van der Waals surface area contributed by atoms with Crippen molar-refractivity contribution in [3.05, 3.63) is 22.2 Å². The van der Waals surface area contributed by atoms with E-state index in [9.17, 15) is 0 Å². The van der Waals surface area contributed by atoms with Crippen LogP contribution < -0.4 is 0 Å². The third kappa shape index (κ3) is 1.96. The van der Waals surface area contributed by atoms with Gasteiger partial charge in [0.2, 0.25) is 0 Å². The fraction of sp³-hybridized carbons (Fsp3) is 0. The van der Waals surface area contributed by atoms with E-state index in [-0.39, 0.29) is 15.8 Å². The van der Waals surface area contributed by atoms with Crippen molar-refractivity contribution < 1.29 is 5.11 Å². The summed E-state index contributed by atoms with van der Waals surface area (Å²) < 4.78 is 0. The lowest BCUT2D eigenvalue weighted by Gasteiger charge is -1.99. The molecule has 0 aliphatic rings. The molecule has 5 heteroatoms. The van der Waals surface area contributed by atoms with Crippen LogP contribution in [0.25, 0.3) is 0 Å². The molecule has 0 amide bonds. The fourth-order valence-corrected chi connectivity index (χ4v) is 1.25. The number of phenolic OH excluding ortho intramolecular Hbond substituents is 1. The summed E-state index contributed by atoms with van der Waals surface area (Å²) in [5.74, 6) is -0.151. The number of phenols is 1. The third-order valence-electron chi connectivity index (χ3n) is 1.18. The number of hydrogen-bond acceptors (Lipinski definition) is 3. The number of rotatable bonds is 1. The SMILES string of the molecule is Oc1c(Cl)cc(N=C=S)cc1Cl. The molecule has 0 aliphatic carbocycles. The van der Waals surface area contributed by atoms with E-state index in [1.54, 1.807) is 0 Å². The molecule has 1 rings (SSSR count). The second kappa shape index (κ2) is 3.87. The first-order valence-electron chi connectivity index (χ1n) is 2.91. The number of aliphatic imine (C=N–C) groups is 1. The molecule has 1 aromatic carbocycles. The zero-order chi connectivity index (χ0) is 9.14. The van der Waals surface area contributed by atoms with Crippen LogP contribution in [-0.4, -0.2) is 10.3 Å². The van der Waals surface area contributed by atoms with Gasteiger partial charge in [0.25, 0.3) is 0 Å². The summed E-state index contributed by atoms with van der Waals surface area (Å²) >= 11 is 15.6. The lowest BCUT2D eigenvalue weighted by molar-refractivity contribution is 0.476. The Labute approximate surface area is 84.5 Å². The van der Waals surface area contributed by atoms with E-state index in [1.165, 1.54) is 12.1 Å². The molecule has 1 aromatic rings. The van der Waals surface area contributed by atoms with E-state index in [0.717, 1.165) is 0 Å². The van der Waals surface area contributed by atoms with Crippen LogP contribution in [0.3, 0.4) is 0 Å². The Bertz CT molecular complexity index is 337. The largest absolute Gasteiger partial charge is 0.505 e. The number of hydrogen-bond donors (Lipinski definition) is 1. The minimum absolute atomic E-state index is 0.145. The molecule has 1 N–H and O–H groups in total. The highest BCUT2D eigenvalue weighted by molar-refractivity contribution is 7.78. The van der Waals surface area contributed by atoms with Gasteiger partial charge in [-0.3, -0.25) is 0 Å². The summed E-state index contributed by atoms with van der Waals surface area (Å²) in [5.41, 5.74) is 0.470. The highest BCUT2D eigenvalue weighted by Crippen LogP contribution is 2.35.